The zero-order valence-electron chi connectivity index (χ0n) is 13.0. The number of nitrogens with one attached hydrogen (secondary N) is 1. The summed E-state index contributed by atoms with van der Waals surface area (Å²) in [6.45, 7) is 0. The normalized spacial score (nSPS) is 11.5. The Morgan fingerprint density at radius 1 is 1.00 bits per heavy atom. The molecule has 0 aliphatic rings. The van der Waals surface area contributed by atoms with Crippen molar-refractivity contribution in [3.8, 4) is 0 Å². The van der Waals surface area contributed by atoms with Crippen molar-refractivity contribution in [2.45, 2.75) is 19.0 Å². The van der Waals surface area contributed by atoms with Gasteiger partial charge in [-0.2, -0.15) is 13.2 Å². The fourth-order valence-corrected chi connectivity index (χ4v) is 2.43. The Balaban J connectivity index is 1.62. The maximum atomic E-state index is 12.7. The van der Waals surface area contributed by atoms with Crippen molar-refractivity contribution in [1.29, 1.82) is 0 Å². The van der Waals surface area contributed by atoms with Crippen molar-refractivity contribution in [1.82, 2.24) is 9.97 Å². The van der Waals surface area contributed by atoms with E-state index < -0.39 is 11.7 Å². The lowest BCUT2D eigenvalue weighted by Gasteiger charge is -2.09. The molecule has 128 valence electrons. The maximum absolute atomic E-state index is 12.7. The lowest BCUT2D eigenvalue weighted by molar-refractivity contribution is -0.137. The molecule has 25 heavy (non-hydrogen) atoms. The van der Waals surface area contributed by atoms with E-state index in [0.29, 0.717) is 22.3 Å². The predicted octanol–water partition coefficient (Wildman–Crippen LogP) is 4.22. The minimum Gasteiger partial charge on any atom is -0.326 e. The fraction of sp³-hybridized carbons (Fsp3) is 0.167. The smallest absolute Gasteiger partial charge is 0.326 e. The monoisotopic (exact) mass is 345 g/mol. The number of carbonyl (C=O) groups is 1. The average Bonchev–Trinajstić information content (AvgIpc) is 2.59. The number of hydrogen-bond donors (Lipinski definition) is 1. The van der Waals surface area contributed by atoms with Gasteiger partial charge in [0.1, 0.15) is 0 Å². The van der Waals surface area contributed by atoms with Crippen molar-refractivity contribution in [3.05, 3.63) is 66.0 Å². The molecule has 1 amide bonds. The van der Waals surface area contributed by atoms with Gasteiger partial charge in [0.15, 0.2) is 0 Å². The first kappa shape index (κ1) is 16.9. The first-order valence-electron chi connectivity index (χ1n) is 7.58. The highest BCUT2D eigenvalue weighted by Crippen LogP contribution is 2.29. The fourth-order valence-electron chi connectivity index (χ4n) is 2.43. The first-order valence-corrected chi connectivity index (χ1v) is 7.58. The van der Waals surface area contributed by atoms with E-state index in [1.165, 1.54) is 6.07 Å². The Hall–Kier alpha value is -2.96. The molecule has 3 aromatic rings. The summed E-state index contributed by atoms with van der Waals surface area (Å²) in [5, 5.41) is 2.72. The van der Waals surface area contributed by atoms with E-state index in [-0.39, 0.29) is 18.7 Å². The SMILES string of the molecule is O=C(CCc1cccc(C(F)(F)F)c1)Nc1ccc2nccnc2c1. The molecule has 0 fully saturated rings. The van der Waals surface area contributed by atoms with Gasteiger partial charge < -0.3 is 5.32 Å². The highest BCUT2D eigenvalue weighted by atomic mass is 19.4. The first-order chi connectivity index (χ1) is 11.9. The van der Waals surface area contributed by atoms with Crippen molar-refractivity contribution >= 4 is 22.6 Å². The number of carbonyl (C=O) groups excluding carboxylic acids is 1. The lowest BCUT2D eigenvalue weighted by Crippen LogP contribution is -2.12. The summed E-state index contributed by atoms with van der Waals surface area (Å²) >= 11 is 0. The predicted molar refractivity (Wildman–Crippen MR) is 87.9 cm³/mol. The van der Waals surface area contributed by atoms with E-state index >= 15 is 0 Å². The molecular formula is C18H14F3N3O. The van der Waals surface area contributed by atoms with Gasteiger partial charge in [-0.1, -0.05) is 18.2 Å². The summed E-state index contributed by atoms with van der Waals surface area (Å²) in [5.41, 5.74) is 1.69. The third-order valence-corrected chi connectivity index (χ3v) is 3.65. The van der Waals surface area contributed by atoms with E-state index in [1.807, 2.05) is 0 Å². The van der Waals surface area contributed by atoms with Gasteiger partial charge in [0, 0.05) is 24.5 Å². The number of alkyl halides is 3. The van der Waals surface area contributed by atoms with E-state index in [2.05, 4.69) is 15.3 Å². The number of rotatable bonds is 4. The van der Waals surface area contributed by atoms with Gasteiger partial charge in [0.2, 0.25) is 5.91 Å². The van der Waals surface area contributed by atoms with Crippen LogP contribution in [0.2, 0.25) is 0 Å². The number of hydrogen-bond acceptors (Lipinski definition) is 3. The van der Waals surface area contributed by atoms with Crippen LogP contribution in [0.5, 0.6) is 0 Å². The molecule has 0 aliphatic heterocycles. The molecule has 0 saturated carbocycles. The van der Waals surface area contributed by atoms with Crippen molar-refractivity contribution in [3.63, 3.8) is 0 Å². The quantitative estimate of drug-likeness (QED) is 0.770. The second kappa shape index (κ2) is 6.88. The van der Waals surface area contributed by atoms with Crippen LogP contribution >= 0.6 is 0 Å². The minimum absolute atomic E-state index is 0.0832. The number of aryl methyl sites for hydroxylation is 1. The number of anilines is 1. The molecule has 3 rings (SSSR count). The number of amides is 1. The molecule has 0 saturated heterocycles. The lowest BCUT2D eigenvalue weighted by atomic mass is 10.1. The van der Waals surface area contributed by atoms with Gasteiger partial charge in [0.05, 0.1) is 16.6 Å². The van der Waals surface area contributed by atoms with Crippen LogP contribution in [-0.4, -0.2) is 15.9 Å². The third kappa shape index (κ3) is 4.32. The van der Waals surface area contributed by atoms with E-state index in [4.69, 9.17) is 0 Å². The van der Waals surface area contributed by atoms with E-state index in [0.717, 1.165) is 12.1 Å². The number of benzene rings is 2. The van der Waals surface area contributed by atoms with Crippen LogP contribution in [0.15, 0.2) is 54.9 Å². The average molecular weight is 345 g/mol. The molecule has 0 radical (unpaired) electrons. The highest BCUT2D eigenvalue weighted by Gasteiger charge is 2.30. The molecule has 0 spiro atoms. The minimum atomic E-state index is -4.38. The van der Waals surface area contributed by atoms with Crippen LogP contribution in [0.3, 0.4) is 0 Å². The van der Waals surface area contributed by atoms with Crippen molar-refractivity contribution in [2.24, 2.45) is 0 Å². The molecule has 4 nitrogen and oxygen atoms in total. The summed E-state index contributed by atoms with van der Waals surface area (Å²) in [4.78, 5) is 20.3. The zero-order valence-corrected chi connectivity index (χ0v) is 13.0. The topological polar surface area (TPSA) is 54.9 Å². The molecule has 0 aliphatic carbocycles. The third-order valence-electron chi connectivity index (χ3n) is 3.65. The van der Waals surface area contributed by atoms with Gasteiger partial charge in [-0.05, 0) is 36.2 Å². The van der Waals surface area contributed by atoms with E-state index in [1.54, 1.807) is 36.7 Å². The summed E-state index contributed by atoms with van der Waals surface area (Å²) in [6, 6.07) is 10.2. The highest BCUT2D eigenvalue weighted by molar-refractivity contribution is 5.93. The molecule has 0 bridgehead atoms. The van der Waals surface area contributed by atoms with Crippen molar-refractivity contribution < 1.29 is 18.0 Å². The molecule has 0 unspecified atom stereocenters. The Morgan fingerprint density at radius 2 is 1.76 bits per heavy atom. The van der Waals surface area contributed by atoms with Crippen LogP contribution in [0.1, 0.15) is 17.5 Å². The molecule has 0 atom stereocenters. The number of fused-ring (bicyclic) bond motifs is 1. The standard InChI is InChI=1S/C18H14F3N3O/c19-18(20,21)13-3-1-2-12(10-13)4-7-17(25)24-14-5-6-15-16(11-14)23-9-8-22-15/h1-3,5-6,8-11H,4,7H2,(H,24,25). The maximum Gasteiger partial charge on any atom is 0.416 e. The Kier molecular flexibility index (Phi) is 4.65. The number of nitrogens with zero attached hydrogens (tertiary/aromatic N) is 2. The Morgan fingerprint density at radius 3 is 2.52 bits per heavy atom. The van der Waals surface area contributed by atoms with Crippen LogP contribution in [0.4, 0.5) is 18.9 Å². The summed E-state index contributed by atoms with van der Waals surface area (Å²) in [6.07, 6.45) is -0.940. The second-order valence-corrected chi connectivity index (χ2v) is 5.51. The van der Waals surface area contributed by atoms with Gasteiger partial charge in [-0.15, -0.1) is 0 Å². The zero-order chi connectivity index (χ0) is 17.9. The second-order valence-electron chi connectivity index (χ2n) is 5.51. The van der Waals surface area contributed by atoms with Gasteiger partial charge in [-0.3, -0.25) is 14.8 Å². The molecule has 1 aromatic heterocycles. The largest absolute Gasteiger partial charge is 0.416 e. The van der Waals surface area contributed by atoms with Gasteiger partial charge in [0.25, 0.3) is 0 Å². The summed E-state index contributed by atoms with van der Waals surface area (Å²) in [5.74, 6) is -0.277. The molecule has 7 heteroatoms. The summed E-state index contributed by atoms with van der Waals surface area (Å²) in [7, 11) is 0. The number of halogens is 3. The molecular weight excluding hydrogens is 331 g/mol. The van der Waals surface area contributed by atoms with Crippen LogP contribution < -0.4 is 5.32 Å². The van der Waals surface area contributed by atoms with Gasteiger partial charge >= 0.3 is 6.18 Å². The molecule has 2 aromatic carbocycles. The summed E-state index contributed by atoms with van der Waals surface area (Å²) < 4.78 is 38.1. The molecule has 1 heterocycles. The number of aromatic nitrogens is 2. The Labute approximate surface area is 141 Å². The Bertz CT molecular complexity index is 909. The van der Waals surface area contributed by atoms with Crippen LogP contribution in [0, 0.1) is 0 Å². The van der Waals surface area contributed by atoms with Crippen LogP contribution in [-0.2, 0) is 17.4 Å². The molecule has 1 N–H and O–H groups in total. The van der Waals surface area contributed by atoms with Gasteiger partial charge in [-0.25, -0.2) is 0 Å². The van der Waals surface area contributed by atoms with Crippen molar-refractivity contribution in [2.75, 3.05) is 5.32 Å². The van der Waals surface area contributed by atoms with Crippen LogP contribution in [0.25, 0.3) is 11.0 Å². The van der Waals surface area contributed by atoms with E-state index in [9.17, 15) is 18.0 Å².